The largest absolute Gasteiger partial charge is 0.366 e. The maximum atomic E-state index is 12.3. The van der Waals surface area contributed by atoms with Crippen molar-refractivity contribution >= 4 is 27.3 Å². The number of rotatable bonds is 6. The quantitative estimate of drug-likeness (QED) is 0.874. The van der Waals surface area contributed by atoms with Gasteiger partial charge in [-0.1, -0.05) is 30.7 Å². The second kappa shape index (κ2) is 7.07. The molecular weight excluding hydrogens is 322 g/mol. The summed E-state index contributed by atoms with van der Waals surface area (Å²) in [5, 5.41) is 11.4. The molecule has 5 nitrogen and oxygen atoms in total. The predicted molar refractivity (Wildman–Crippen MR) is 87.7 cm³/mol. The second-order valence-corrected chi connectivity index (χ2v) is 7.47. The van der Waals surface area contributed by atoms with E-state index in [1.165, 1.54) is 6.07 Å². The predicted octanol–water partition coefficient (Wildman–Crippen LogP) is 3.31. The van der Waals surface area contributed by atoms with Gasteiger partial charge in [-0.15, -0.1) is 10.2 Å². The lowest BCUT2D eigenvalue weighted by molar-refractivity contribution is 0.589. The van der Waals surface area contributed by atoms with Crippen LogP contribution in [0.3, 0.4) is 0 Å². The molecule has 0 radical (unpaired) electrons. The number of aromatic nitrogens is 2. The molecule has 1 N–H and O–H groups in total. The number of nitrogens with zero attached hydrogens (tertiary/aromatic N) is 2. The Morgan fingerprint density at radius 1 is 1.14 bits per heavy atom. The highest BCUT2D eigenvalue weighted by molar-refractivity contribution is 7.90. The van der Waals surface area contributed by atoms with Crippen LogP contribution in [0.15, 0.2) is 41.4 Å². The van der Waals surface area contributed by atoms with Gasteiger partial charge in [-0.05, 0) is 43.2 Å². The molecule has 0 aliphatic heterocycles. The van der Waals surface area contributed by atoms with E-state index in [1.807, 2.05) is 6.92 Å². The number of hydrogen-bond donors (Lipinski definition) is 1. The number of hydrogen-bond acceptors (Lipinski definition) is 5. The van der Waals surface area contributed by atoms with Crippen LogP contribution in [0.4, 0.5) is 5.82 Å². The van der Waals surface area contributed by atoms with Crippen LogP contribution in [0.1, 0.15) is 25.8 Å². The van der Waals surface area contributed by atoms with Crippen LogP contribution in [0.5, 0.6) is 0 Å². The minimum atomic E-state index is -3.52. The summed E-state index contributed by atoms with van der Waals surface area (Å²) in [6.45, 7) is 4.07. The summed E-state index contributed by atoms with van der Waals surface area (Å²) < 4.78 is 24.6. The van der Waals surface area contributed by atoms with E-state index in [9.17, 15) is 8.42 Å². The highest BCUT2D eigenvalue weighted by Gasteiger charge is 2.18. The van der Waals surface area contributed by atoms with Crippen molar-refractivity contribution in [2.24, 2.45) is 0 Å². The van der Waals surface area contributed by atoms with Crippen LogP contribution in [-0.4, -0.2) is 24.7 Å². The Morgan fingerprint density at radius 2 is 1.82 bits per heavy atom. The van der Waals surface area contributed by atoms with Gasteiger partial charge in [0, 0.05) is 11.1 Å². The lowest BCUT2D eigenvalue weighted by Crippen LogP contribution is -2.15. The fraction of sp³-hybridized carbons (Fsp3) is 0.333. The van der Waals surface area contributed by atoms with Crippen molar-refractivity contribution in [1.82, 2.24) is 10.2 Å². The van der Waals surface area contributed by atoms with E-state index in [1.54, 1.807) is 30.3 Å². The van der Waals surface area contributed by atoms with Gasteiger partial charge in [0.25, 0.3) is 0 Å². The van der Waals surface area contributed by atoms with Crippen LogP contribution >= 0.6 is 11.6 Å². The van der Waals surface area contributed by atoms with Crippen molar-refractivity contribution in [3.63, 3.8) is 0 Å². The smallest absolute Gasteiger partial charge is 0.201 e. The van der Waals surface area contributed by atoms with Crippen LogP contribution in [0.25, 0.3) is 0 Å². The van der Waals surface area contributed by atoms with Gasteiger partial charge in [0.2, 0.25) is 9.84 Å². The third-order valence-electron chi connectivity index (χ3n) is 3.24. The SMILES string of the molecule is CC[C@H](C)Nc1ccc(S(=O)(=O)Cc2ccc(Cl)cc2)nn1. The Morgan fingerprint density at radius 3 is 2.36 bits per heavy atom. The van der Waals surface area contributed by atoms with Gasteiger partial charge >= 0.3 is 0 Å². The van der Waals surface area contributed by atoms with E-state index in [2.05, 4.69) is 22.4 Å². The van der Waals surface area contributed by atoms with Crippen LogP contribution < -0.4 is 5.32 Å². The first-order valence-electron chi connectivity index (χ1n) is 6.98. The molecule has 0 aliphatic rings. The lowest BCUT2D eigenvalue weighted by atomic mass is 10.2. The average molecular weight is 340 g/mol. The number of halogens is 1. The molecule has 1 aromatic carbocycles. The summed E-state index contributed by atoms with van der Waals surface area (Å²) in [5.74, 6) is 0.441. The van der Waals surface area contributed by atoms with E-state index in [4.69, 9.17) is 11.6 Å². The molecule has 0 amide bonds. The van der Waals surface area contributed by atoms with Gasteiger partial charge in [0.15, 0.2) is 5.03 Å². The fourth-order valence-electron chi connectivity index (χ4n) is 1.79. The van der Waals surface area contributed by atoms with Crippen molar-refractivity contribution < 1.29 is 8.42 Å². The van der Waals surface area contributed by atoms with Gasteiger partial charge in [-0.25, -0.2) is 8.42 Å². The zero-order chi connectivity index (χ0) is 16.2. The topological polar surface area (TPSA) is 72.0 Å². The molecular formula is C15H18ClN3O2S. The first kappa shape index (κ1) is 16.7. The zero-order valence-corrected chi connectivity index (χ0v) is 14.0. The first-order chi connectivity index (χ1) is 10.4. The van der Waals surface area contributed by atoms with Crippen molar-refractivity contribution in [1.29, 1.82) is 0 Å². The molecule has 2 rings (SSSR count). The molecule has 7 heteroatoms. The number of sulfone groups is 1. The van der Waals surface area contributed by atoms with E-state index >= 15 is 0 Å². The third kappa shape index (κ3) is 4.42. The Hall–Kier alpha value is -1.66. The molecule has 0 unspecified atom stereocenters. The summed E-state index contributed by atoms with van der Waals surface area (Å²) in [6, 6.07) is 10.1. The van der Waals surface area contributed by atoms with Crippen molar-refractivity contribution in [3.05, 3.63) is 47.0 Å². The molecule has 118 valence electrons. The van der Waals surface area contributed by atoms with Gasteiger partial charge in [-0.3, -0.25) is 0 Å². The molecule has 0 spiro atoms. The number of anilines is 1. The Kier molecular flexibility index (Phi) is 5.37. The Bertz CT molecular complexity index is 715. The molecule has 1 atom stereocenters. The fourth-order valence-corrected chi connectivity index (χ4v) is 3.14. The molecule has 0 bridgehead atoms. The van der Waals surface area contributed by atoms with Crippen molar-refractivity contribution in [2.45, 2.75) is 37.1 Å². The summed E-state index contributed by atoms with van der Waals surface area (Å²) >= 11 is 5.79. The monoisotopic (exact) mass is 339 g/mol. The molecule has 0 fully saturated rings. The Balaban J connectivity index is 2.13. The third-order valence-corrected chi connectivity index (χ3v) is 5.06. The first-order valence-corrected chi connectivity index (χ1v) is 9.01. The minimum Gasteiger partial charge on any atom is -0.366 e. The van der Waals surface area contributed by atoms with Gasteiger partial charge < -0.3 is 5.32 Å². The van der Waals surface area contributed by atoms with E-state index in [0.29, 0.717) is 16.4 Å². The van der Waals surface area contributed by atoms with Crippen molar-refractivity contribution in [3.8, 4) is 0 Å². The highest BCUT2D eigenvalue weighted by atomic mass is 35.5. The lowest BCUT2D eigenvalue weighted by Gasteiger charge is -2.11. The molecule has 2 aromatic rings. The number of nitrogens with one attached hydrogen (secondary N) is 1. The summed E-state index contributed by atoms with van der Waals surface area (Å²) in [5.41, 5.74) is 0.660. The number of benzene rings is 1. The average Bonchev–Trinajstić information content (AvgIpc) is 2.50. The Labute approximate surface area is 135 Å². The minimum absolute atomic E-state index is 0.0304. The van der Waals surface area contributed by atoms with Crippen molar-refractivity contribution in [2.75, 3.05) is 5.32 Å². The zero-order valence-electron chi connectivity index (χ0n) is 12.5. The maximum Gasteiger partial charge on any atom is 0.201 e. The van der Waals surface area contributed by atoms with Crippen LogP contribution in [-0.2, 0) is 15.6 Å². The molecule has 0 saturated heterocycles. The molecule has 0 aliphatic carbocycles. The highest BCUT2D eigenvalue weighted by Crippen LogP contribution is 2.17. The molecule has 1 heterocycles. The summed E-state index contributed by atoms with van der Waals surface area (Å²) in [4.78, 5) is 0. The van der Waals surface area contributed by atoms with Gasteiger partial charge in [0.1, 0.15) is 5.82 Å². The van der Waals surface area contributed by atoms with E-state index in [0.717, 1.165) is 6.42 Å². The summed E-state index contributed by atoms with van der Waals surface area (Å²) in [6.07, 6.45) is 0.943. The van der Waals surface area contributed by atoms with Gasteiger partial charge in [-0.2, -0.15) is 0 Å². The summed E-state index contributed by atoms with van der Waals surface area (Å²) in [7, 11) is -3.52. The van der Waals surface area contributed by atoms with Crippen LogP contribution in [0.2, 0.25) is 5.02 Å². The standard InChI is InChI=1S/C15H18ClN3O2S/c1-3-11(2)17-14-8-9-15(19-18-14)22(20,21)10-12-4-6-13(16)7-5-12/h4-9,11H,3,10H2,1-2H3,(H,17,18)/t11-/m0/s1. The molecule has 0 saturated carbocycles. The normalized spacial score (nSPS) is 12.9. The second-order valence-electron chi connectivity index (χ2n) is 5.10. The van der Waals surface area contributed by atoms with Crippen LogP contribution in [0, 0.1) is 0 Å². The van der Waals surface area contributed by atoms with E-state index in [-0.39, 0.29) is 16.8 Å². The van der Waals surface area contributed by atoms with Gasteiger partial charge in [0.05, 0.1) is 5.75 Å². The maximum absolute atomic E-state index is 12.3. The molecule has 22 heavy (non-hydrogen) atoms. The molecule has 1 aromatic heterocycles. The van der Waals surface area contributed by atoms with E-state index < -0.39 is 9.84 Å².